The van der Waals surface area contributed by atoms with Crippen LogP contribution in [0.3, 0.4) is 0 Å². The van der Waals surface area contributed by atoms with Crippen LogP contribution in [0.15, 0.2) is 23.1 Å². The fourth-order valence-electron chi connectivity index (χ4n) is 1.29. The van der Waals surface area contributed by atoms with E-state index in [1.165, 1.54) is 0 Å². The molecule has 1 aromatic rings. The zero-order valence-electron chi connectivity index (χ0n) is 10.3. The number of esters is 1. The molecule has 20 heavy (non-hydrogen) atoms. The van der Waals surface area contributed by atoms with Gasteiger partial charge in [0.05, 0.1) is 11.5 Å². The van der Waals surface area contributed by atoms with E-state index < -0.39 is 27.6 Å². The van der Waals surface area contributed by atoms with Crippen LogP contribution in [0.4, 0.5) is 0 Å². The van der Waals surface area contributed by atoms with Gasteiger partial charge in [0.2, 0.25) is 0 Å². The van der Waals surface area contributed by atoms with Gasteiger partial charge >= 0.3 is 11.9 Å². The van der Waals surface area contributed by atoms with Crippen LogP contribution in [0.1, 0.15) is 17.3 Å². The highest BCUT2D eigenvalue weighted by molar-refractivity contribution is 8.13. The fourth-order valence-corrected chi connectivity index (χ4v) is 2.06. The van der Waals surface area contributed by atoms with Gasteiger partial charge in [0, 0.05) is 16.7 Å². The van der Waals surface area contributed by atoms with Crippen molar-refractivity contribution in [2.75, 3.05) is 13.2 Å². The van der Waals surface area contributed by atoms with Gasteiger partial charge in [0.25, 0.3) is 9.05 Å². The van der Waals surface area contributed by atoms with E-state index in [4.69, 9.17) is 20.5 Å². The molecule has 9 heteroatoms. The predicted octanol–water partition coefficient (Wildman–Crippen LogP) is 1.25. The summed E-state index contributed by atoms with van der Waals surface area (Å²) in [7, 11) is 1.12. The van der Waals surface area contributed by atoms with Gasteiger partial charge in [0.1, 0.15) is 11.3 Å². The Morgan fingerprint density at radius 2 is 2.00 bits per heavy atom. The number of aromatic carboxylic acids is 1. The molecule has 110 valence electrons. The summed E-state index contributed by atoms with van der Waals surface area (Å²) in [5, 5.41) is 8.95. The lowest BCUT2D eigenvalue weighted by Crippen LogP contribution is -2.16. The largest absolute Gasteiger partial charge is 0.481 e. The molecule has 0 amide bonds. The SMILES string of the molecule is CCOC(=O)COc1cc(S(=O)(=O)Cl)ccc1C(=O)O. The van der Waals surface area contributed by atoms with E-state index in [2.05, 4.69) is 4.74 Å². The Hall–Kier alpha value is -1.80. The van der Waals surface area contributed by atoms with Gasteiger partial charge in [-0.2, -0.15) is 0 Å². The lowest BCUT2D eigenvalue weighted by atomic mass is 10.2. The Morgan fingerprint density at radius 3 is 2.50 bits per heavy atom. The molecule has 1 N–H and O–H groups in total. The van der Waals surface area contributed by atoms with Gasteiger partial charge < -0.3 is 14.6 Å². The van der Waals surface area contributed by atoms with Crippen molar-refractivity contribution in [3.8, 4) is 5.75 Å². The lowest BCUT2D eigenvalue weighted by Gasteiger charge is -2.09. The van der Waals surface area contributed by atoms with Crippen LogP contribution in [-0.4, -0.2) is 38.7 Å². The van der Waals surface area contributed by atoms with Crippen LogP contribution in [-0.2, 0) is 18.6 Å². The number of carbonyl (C=O) groups excluding carboxylic acids is 1. The summed E-state index contributed by atoms with van der Waals surface area (Å²) < 4.78 is 31.9. The second-order valence-electron chi connectivity index (χ2n) is 3.49. The van der Waals surface area contributed by atoms with Crippen molar-refractivity contribution in [2.45, 2.75) is 11.8 Å². The highest BCUT2D eigenvalue weighted by Gasteiger charge is 2.18. The number of rotatable bonds is 6. The van der Waals surface area contributed by atoms with Gasteiger partial charge in [-0.3, -0.25) is 0 Å². The number of hydrogen-bond acceptors (Lipinski definition) is 6. The molecule has 0 radical (unpaired) electrons. The third-order valence-corrected chi connectivity index (χ3v) is 3.47. The number of carboxylic acid groups (broad SMARTS) is 1. The molecule has 0 aliphatic carbocycles. The minimum absolute atomic E-state index is 0.143. The van der Waals surface area contributed by atoms with E-state index in [0.717, 1.165) is 18.2 Å². The molecule has 1 aromatic carbocycles. The molecule has 0 saturated carbocycles. The summed E-state index contributed by atoms with van der Waals surface area (Å²) in [5.74, 6) is -2.32. The normalized spacial score (nSPS) is 10.9. The molecule has 0 saturated heterocycles. The van der Waals surface area contributed by atoms with Crippen molar-refractivity contribution in [3.05, 3.63) is 23.8 Å². The summed E-state index contributed by atoms with van der Waals surface area (Å²) >= 11 is 0. The van der Waals surface area contributed by atoms with Gasteiger partial charge in [0.15, 0.2) is 6.61 Å². The summed E-state index contributed by atoms with van der Waals surface area (Å²) in [6.07, 6.45) is 0. The molecule has 0 bridgehead atoms. The zero-order valence-corrected chi connectivity index (χ0v) is 11.9. The molecular formula is C11H11ClO7S. The summed E-state index contributed by atoms with van der Waals surface area (Å²) in [6, 6.07) is 2.99. The van der Waals surface area contributed by atoms with E-state index in [9.17, 15) is 18.0 Å². The number of hydrogen-bond donors (Lipinski definition) is 1. The first-order valence-corrected chi connectivity index (χ1v) is 7.67. The fraction of sp³-hybridized carbons (Fsp3) is 0.273. The maximum Gasteiger partial charge on any atom is 0.344 e. The van der Waals surface area contributed by atoms with E-state index in [0.29, 0.717) is 0 Å². The Labute approximate surface area is 119 Å². The standard InChI is InChI=1S/C11H11ClO7S/c1-2-18-10(13)6-19-9-5-7(20(12,16)17)3-4-8(9)11(14)15/h3-5H,2,6H2,1H3,(H,14,15). The van der Waals surface area contributed by atoms with Crippen molar-refractivity contribution in [3.63, 3.8) is 0 Å². The van der Waals surface area contributed by atoms with Crippen molar-refractivity contribution in [1.29, 1.82) is 0 Å². The maximum absolute atomic E-state index is 11.2. The van der Waals surface area contributed by atoms with Crippen molar-refractivity contribution < 1.29 is 32.6 Å². The molecule has 0 aliphatic rings. The molecule has 0 spiro atoms. The first-order valence-electron chi connectivity index (χ1n) is 5.36. The molecule has 0 unspecified atom stereocenters. The minimum Gasteiger partial charge on any atom is -0.481 e. The molecule has 0 atom stereocenters. The summed E-state index contributed by atoms with van der Waals surface area (Å²) in [6.45, 7) is 1.20. The van der Waals surface area contributed by atoms with Crippen molar-refractivity contribution >= 4 is 31.7 Å². The van der Waals surface area contributed by atoms with Crippen LogP contribution in [0.25, 0.3) is 0 Å². The van der Waals surface area contributed by atoms with Gasteiger partial charge in [-0.15, -0.1) is 0 Å². The monoisotopic (exact) mass is 322 g/mol. The van der Waals surface area contributed by atoms with Gasteiger partial charge in [-0.25, -0.2) is 18.0 Å². The molecule has 0 aliphatic heterocycles. The molecule has 7 nitrogen and oxygen atoms in total. The van der Waals surface area contributed by atoms with Crippen LogP contribution < -0.4 is 4.74 Å². The van der Waals surface area contributed by atoms with Gasteiger partial charge in [-0.05, 0) is 19.1 Å². The van der Waals surface area contributed by atoms with Crippen molar-refractivity contribution in [2.24, 2.45) is 0 Å². The van der Waals surface area contributed by atoms with Crippen LogP contribution >= 0.6 is 10.7 Å². The Bertz CT molecular complexity index is 624. The van der Waals surface area contributed by atoms with Crippen LogP contribution in [0, 0.1) is 0 Å². The number of carbonyl (C=O) groups is 2. The highest BCUT2D eigenvalue weighted by Crippen LogP contribution is 2.25. The van der Waals surface area contributed by atoms with Crippen LogP contribution in [0.5, 0.6) is 5.75 Å². The quantitative estimate of drug-likeness (QED) is 0.620. The molecule has 0 aromatic heterocycles. The van der Waals surface area contributed by atoms with E-state index in [1.807, 2.05) is 0 Å². The smallest absolute Gasteiger partial charge is 0.344 e. The Kier molecular flexibility index (Phi) is 5.34. The lowest BCUT2D eigenvalue weighted by molar-refractivity contribution is -0.145. The Balaban J connectivity index is 3.07. The second-order valence-corrected chi connectivity index (χ2v) is 6.06. The average molecular weight is 323 g/mol. The Morgan fingerprint density at radius 1 is 1.35 bits per heavy atom. The summed E-state index contributed by atoms with van der Waals surface area (Å²) in [4.78, 5) is 21.8. The van der Waals surface area contributed by atoms with Crippen LogP contribution in [0.2, 0.25) is 0 Å². The third kappa shape index (κ3) is 4.39. The first-order chi connectivity index (χ1) is 9.25. The minimum atomic E-state index is -4.03. The second kappa shape index (κ2) is 6.58. The number of ether oxygens (including phenoxy) is 2. The zero-order chi connectivity index (χ0) is 15.3. The number of carboxylic acids is 1. The predicted molar refractivity (Wildman–Crippen MR) is 68.6 cm³/mol. The van der Waals surface area contributed by atoms with E-state index in [1.54, 1.807) is 6.92 Å². The van der Waals surface area contributed by atoms with Crippen molar-refractivity contribution in [1.82, 2.24) is 0 Å². The number of halogens is 1. The molecule has 0 fully saturated rings. The molecular weight excluding hydrogens is 312 g/mol. The molecule has 1 rings (SSSR count). The molecule has 0 heterocycles. The number of benzene rings is 1. The van der Waals surface area contributed by atoms with E-state index in [-0.39, 0.29) is 22.8 Å². The topological polar surface area (TPSA) is 107 Å². The first kappa shape index (κ1) is 16.3. The van der Waals surface area contributed by atoms with E-state index >= 15 is 0 Å². The highest BCUT2D eigenvalue weighted by atomic mass is 35.7. The average Bonchev–Trinajstić information content (AvgIpc) is 2.35. The maximum atomic E-state index is 11.2. The summed E-state index contributed by atoms with van der Waals surface area (Å²) in [5.41, 5.74) is -0.293. The van der Waals surface area contributed by atoms with Gasteiger partial charge in [-0.1, -0.05) is 0 Å². The third-order valence-electron chi connectivity index (χ3n) is 2.12.